The number of aromatic nitrogens is 1. The Kier molecular flexibility index (Phi) is 6.16. The first-order valence-electron chi connectivity index (χ1n) is 6.46. The molecule has 2 aromatic rings. The summed E-state index contributed by atoms with van der Waals surface area (Å²) in [6, 6.07) is 6.81. The van der Waals surface area contributed by atoms with Crippen LogP contribution >= 0.6 is 34.8 Å². The fourth-order valence-electron chi connectivity index (χ4n) is 1.75. The monoisotopic (exact) mass is 417 g/mol. The van der Waals surface area contributed by atoms with Crippen molar-refractivity contribution in [3.63, 3.8) is 0 Å². The van der Waals surface area contributed by atoms with Crippen molar-refractivity contribution in [3.05, 3.63) is 45.0 Å². The molecule has 0 unspecified atom stereocenters. The minimum atomic E-state index is -0.550. The Labute approximate surface area is 152 Å². The van der Waals surface area contributed by atoms with E-state index in [0.29, 0.717) is 32.3 Å². The molecule has 2 rings (SSSR count). The molecule has 0 saturated carbocycles. The second kappa shape index (κ2) is 7.70. The van der Waals surface area contributed by atoms with Crippen molar-refractivity contribution in [2.75, 3.05) is 6.61 Å². The van der Waals surface area contributed by atoms with Gasteiger partial charge in [0.05, 0.1) is 0 Å². The van der Waals surface area contributed by atoms with Crippen LogP contribution < -0.4 is 4.35 Å². The molecule has 1 heterocycles. The van der Waals surface area contributed by atoms with E-state index in [1.165, 1.54) is 0 Å². The van der Waals surface area contributed by atoms with Crippen LogP contribution in [0.5, 0.6) is 0 Å². The molecule has 0 amide bonds. The van der Waals surface area contributed by atoms with Gasteiger partial charge in [-0.2, -0.15) is 0 Å². The fraction of sp³-hybridized carbons (Fsp3) is 0.200. The van der Waals surface area contributed by atoms with Crippen LogP contribution in [-0.4, -0.2) is 34.4 Å². The number of halogens is 3. The molecule has 22 heavy (non-hydrogen) atoms. The Morgan fingerprint density at radius 3 is 2.64 bits per heavy atom. The maximum atomic E-state index is 12.1. The second-order valence-electron chi connectivity index (χ2n) is 4.45. The zero-order valence-corrected chi connectivity index (χ0v) is 15.7. The molecule has 7 heteroatoms. The molecule has 0 aliphatic rings. The van der Waals surface area contributed by atoms with Gasteiger partial charge in [-0.15, -0.1) is 0 Å². The first-order valence-corrected chi connectivity index (χ1v) is 8.53. The Morgan fingerprint density at radius 2 is 2.00 bits per heavy atom. The summed E-state index contributed by atoms with van der Waals surface area (Å²) < 4.78 is 5.77. The average Bonchev–Trinajstić information content (AvgIpc) is 2.47. The number of benzene rings is 1. The van der Waals surface area contributed by atoms with Gasteiger partial charge < -0.3 is 0 Å². The van der Waals surface area contributed by atoms with Gasteiger partial charge in [-0.25, -0.2) is 0 Å². The Hall–Kier alpha value is -0.732. The number of carbonyl (C=O) groups excluding carboxylic acids is 1. The molecule has 0 bridgehead atoms. The fourth-order valence-corrected chi connectivity index (χ4v) is 2.91. The SMILES string of the molecule is CCCOC(=O)c1nc(-c2ccc(Cl)cc2Cl)cc([As])c1Cl. The van der Waals surface area contributed by atoms with Gasteiger partial charge in [0.15, 0.2) is 0 Å². The third-order valence-electron chi connectivity index (χ3n) is 2.78. The van der Waals surface area contributed by atoms with Crippen LogP contribution in [0.25, 0.3) is 11.3 Å². The average molecular weight is 419 g/mol. The first kappa shape index (κ1) is 17.6. The van der Waals surface area contributed by atoms with Crippen LogP contribution in [0.4, 0.5) is 0 Å². The van der Waals surface area contributed by atoms with E-state index in [4.69, 9.17) is 39.5 Å². The summed E-state index contributed by atoms with van der Waals surface area (Å²) in [4.78, 5) is 16.4. The van der Waals surface area contributed by atoms with Gasteiger partial charge in [-0.05, 0) is 0 Å². The van der Waals surface area contributed by atoms with Crippen molar-refractivity contribution in [1.29, 1.82) is 0 Å². The van der Waals surface area contributed by atoms with Crippen molar-refractivity contribution in [2.24, 2.45) is 0 Å². The number of pyridine rings is 1. The van der Waals surface area contributed by atoms with Crippen molar-refractivity contribution in [1.82, 2.24) is 4.98 Å². The summed E-state index contributed by atoms with van der Waals surface area (Å²) in [5.74, 6) is -0.550. The molecule has 114 valence electrons. The number of nitrogens with zero attached hydrogens (tertiary/aromatic N) is 1. The minimum absolute atomic E-state index is 0.0780. The molecule has 0 aliphatic carbocycles. The second-order valence-corrected chi connectivity index (χ2v) is 6.68. The van der Waals surface area contributed by atoms with Crippen LogP contribution in [0, 0.1) is 0 Å². The van der Waals surface area contributed by atoms with Crippen molar-refractivity contribution in [2.45, 2.75) is 13.3 Å². The molecule has 0 atom stereocenters. The van der Waals surface area contributed by atoms with Crippen LogP contribution in [0.15, 0.2) is 24.3 Å². The molecule has 1 aromatic heterocycles. The number of hydrogen-bond acceptors (Lipinski definition) is 3. The Bertz CT molecular complexity index is 722. The molecule has 0 N–H and O–H groups in total. The zero-order chi connectivity index (χ0) is 16.3. The van der Waals surface area contributed by atoms with Gasteiger partial charge in [-0.3, -0.25) is 0 Å². The van der Waals surface area contributed by atoms with E-state index in [1.807, 2.05) is 6.92 Å². The molecule has 0 aliphatic heterocycles. The summed E-state index contributed by atoms with van der Waals surface area (Å²) in [6.07, 6.45) is 0.723. The van der Waals surface area contributed by atoms with Gasteiger partial charge in [0.1, 0.15) is 0 Å². The van der Waals surface area contributed by atoms with Gasteiger partial charge in [0.25, 0.3) is 0 Å². The third-order valence-corrected chi connectivity index (χ3v) is 4.73. The first-order chi connectivity index (χ1) is 10.4. The summed E-state index contributed by atoms with van der Waals surface area (Å²) in [5, 5.41) is 1.23. The number of carbonyl (C=O) groups is 1. The maximum absolute atomic E-state index is 12.1. The quantitative estimate of drug-likeness (QED) is 0.555. The topological polar surface area (TPSA) is 39.2 Å². The van der Waals surface area contributed by atoms with Crippen molar-refractivity contribution < 1.29 is 9.53 Å². The number of hydrogen-bond donors (Lipinski definition) is 0. The Balaban J connectivity index is 2.50. The molecule has 0 saturated heterocycles. The predicted octanol–water partition coefficient (Wildman–Crippen LogP) is 4.07. The van der Waals surface area contributed by atoms with E-state index in [1.54, 1.807) is 24.3 Å². The van der Waals surface area contributed by atoms with Crippen LogP contribution in [0.2, 0.25) is 15.1 Å². The van der Waals surface area contributed by atoms with Gasteiger partial charge in [0, 0.05) is 0 Å². The van der Waals surface area contributed by atoms with E-state index in [-0.39, 0.29) is 10.7 Å². The predicted molar refractivity (Wildman–Crippen MR) is 90.7 cm³/mol. The third kappa shape index (κ3) is 3.97. The normalized spacial score (nSPS) is 10.6. The van der Waals surface area contributed by atoms with Crippen LogP contribution in [0.3, 0.4) is 0 Å². The Morgan fingerprint density at radius 1 is 1.27 bits per heavy atom. The van der Waals surface area contributed by atoms with E-state index in [0.717, 1.165) is 6.42 Å². The standard InChI is InChI=1S/C15H11AsCl3NO2/c1-2-5-22-15(21)14-13(19)10(16)7-12(20-14)9-4-3-8(17)6-11(9)18/h3-4,6-7H,2,5H2,1H3. The van der Waals surface area contributed by atoms with Gasteiger partial charge >= 0.3 is 153 Å². The van der Waals surface area contributed by atoms with Gasteiger partial charge in [0.2, 0.25) is 0 Å². The molecule has 1 aromatic carbocycles. The van der Waals surface area contributed by atoms with Gasteiger partial charge in [-0.1, -0.05) is 0 Å². The van der Waals surface area contributed by atoms with Crippen molar-refractivity contribution >= 4 is 62.0 Å². The van der Waals surface area contributed by atoms with Crippen molar-refractivity contribution in [3.8, 4) is 11.3 Å². The van der Waals surface area contributed by atoms with Crippen LogP contribution in [0.1, 0.15) is 23.8 Å². The van der Waals surface area contributed by atoms with E-state index in [9.17, 15) is 4.79 Å². The van der Waals surface area contributed by atoms with E-state index >= 15 is 0 Å². The summed E-state index contributed by atoms with van der Waals surface area (Å²) in [6.45, 7) is 2.23. The number of esters is 1. The molecular weight excluding hydrogens is 407 g/mol. The molecule has 0 fully saturated rings. The van der Waals surface area contributed by atoms with E-state index in [2.05, 4.69) is 21.8 Å². The molecule has 3 nitrogen and oxygen atoms in total. The molecule has 2 radical (unpaired) electrons. The number of ether oxygens (including phenoxy) is 1. The summed E-state index contributed by atoms with van der Waals surface area (Å²) >= 11 is 20.6. The summed E-state index contributed by atoms with van der Waals surface area (Å²) in [5.41, 5.74) is 1.28. The van der Waals surface area contributed by atoms with E-state index < -0.39 is 5.97 Å². The zero-order valence-electron chi connectivity index (χ0n) is 11.6. The van der Waals surface area contributed by atoms with Crippen LogP contribution in [-0.2, 0) is 4.74 Å². The molecular formula is C15H11AsCl3NO2. The number of rotatable bonds is 4. The molecule has 0 spiro atoms. The summed E-state index contributed by atoms with van der Waals surface area (Å²) in [7, 11) is 0.